The van der Waals surface area contributed by atoms with E-state index in [0.717, 1.165) is 37.4 Å². The van der Waals surface area contributed by atoms with E-state index in [1.165, 1.54) is 28.8 Å². The molecular formula is C19H27N3O. The van der Waals surface area contributed by atoms with Crippen LogP contribution in [0.5, 0.6) is 5.75 Å². The van der Waals surface area contributed by atoms with E-state index in [1.54, 1.807) is 7.11 Å². The monoisotopic (exact) mass is 313 g/mol. The van der Waals surface area contributed by atoms with Crippen LogP contribution in [0, 0.1) is 13.8 Å². The van der Waals surface area contributed by atoms with Crippen LogP contribution in [0.25, 0.3) is 0 Å². The predicted molar refractivity (Wildman–Crippen MR) is 93.0 cm³/mol. The molecule has 124 valence electrons. The molecular weight excluding hydrogens is 286 g/mol. The van der Waals surface area contributed by atoms with E-state index < -0.39 is 0 Å². The van der Waals surface area contributed by atoms with Gasteiger partial charge < -0.3 is 10.1 Å². The smallest absolute Gasteiger partial charge is 0.119 e. The highest BCUT2D eigenvalue weighted by molar-refractivity contribution is 5.38. The third kappa shape index (κ3) is 3.27. The minimum absolute atomic E-state index is 0.526. The molecule has 0 spiro atoms. The number of hydrogen-bond donors (Lipinski definition) is 1. The van der Waals surface area contributed by atoms with Crippen LogP contribution in [-0.2, 0) is 25.9 Å². The zero-order valence-electron chi connectivity index (χ0n) is 14.6. The van der Waals surface area contributed by atoms with E-state index in [2.05, 4.69) is 54.1 Å². The summed E-state index contributed by atoms with van der Waals surface area (Å²) in [5.41, 5.74) is 6.68. The third-order valence-corrected chi connectivity index (χ3v) is 5.04. The minimum atomic E-state index is 0.526. The lowest BCUT2D eigenvalue weighted by atomic mass is 9.88. The minimum Gasteiger partial charge on any atom is -0.497 e. The van der Waals surface area contributed by atoms with Gasteiger partial charge in [0.15, 0.2) is 0 Å². The molecule has 0 radical (unpaired) electrons. The van der Waals surface area contributed by atoms with E-state index in [4.69, 9.17) is 4.74 Å². The Bertz CT molecular complexity index is 690. The molecule has 0 aliphatic heterocycles. The highest BCUT2D eigenvalue weighted by Gasteiger charge is 2.20. The van der Waals surface area contributed by atoms with Crippen LogP contribution in [0.2, 0.25) is 0 Å². The maximum atomic E-state index is 5.36. The topological polar surface area (TPSA) is 39.1 Å². The van der Waals surface area contributed by atoms with Gasteiger partial charge in [-0.15, -0.1) is 0 Å². The van der Waals surface area contributed by atoms with Crippen molar-refractivity contribution in [3.63, 3.8) is 0 Å². The largest absolute Gasteiger partial charge is 0.497 e. The second-order valence-electron chi connectivity index (χ2n) is 6.42. The number of fused-ring (bicyclic) bond motifs is 1. The molecule has 1 N–H and O–H groups in total. The Kier molecular flexibility index (Phi) is 4.71. The summed E-state index contributed by atoms with van der Waals surface area (Å²) in [6, 6.07) is 7.00. The zero-order chi connectivity index (χ0) is 16.4. The number of benzene rings is 1. The Labute approximate surface area is 138 Å². The molecule has 0 amide bonds. The molecule has 1 aliphatic rings. The van der Waals surface area contributed by atoms with Crippen molar-refractivity contribution >= 4 is 0 Å². The standard InChI is InChI=1S/C19H27N3O/c1-5-22-14(3)19(13(2)21-22)12-20-17-8-6-15-7-9-18(23-4)11-16(15)10-17/h7,9,11,17,20H,5-6,8,10,12H2,1-4H3/t17-/m0/s1. The van der Waals surface area contributed by atoms with Gasteiger partial charge in [0.25, 0.3) is 0 Å². The summed E-state index contributed by atoms with van der Waals surface area (Å²) < 4.78 is 7.45. The highest BCUT2D eigenvalue weighted by Crippen LogP contribution is 2.26. The lowest BCUT2D eigenvalue weighted by molar-refractivity contribution is 0.411. The Hall–Kier alpha value is -1.81. The Morgan fingerprint density at radius 3 is 2.83 bits per heavy atom. The van der Waals surface area contributed by atoms with E-state index in [0.29, 0.717) is 6.04 Å². The summed E-state index contributed by atoms with van der Waals surface area (Å²) in [6.45, 7) is 8.26. The van der Waals surface area contributed by atoms with Gasteiger partial charge in [-0.1, -0.05) is 6.07 Å². The summed E-state index contributed by atoms with van der Waals surface area (Å²) in [4.78, 5) is 0. The molecule has 1 aromatic heterocycles. The van der Waals surface area contributed by atoms with Crippen molar-refractivity contribution in [3.8, 4) is 5.75 Å². The number of ether oxygens (including phenoxy) is 1. The first-order chi connectivity index (χ1) is 11.1. The van der Waals surface area contributed by atoms with E-state index in [-0.39, 0.29) is 0 Å². The van der Waals surface area contributed by atoms with Gasteiger partial charge in [0, 0.05) is 30.4 Å². The molecule has 2 aromatic rings. The van der Waals surface area contributed by atoms with Gasteiger partial charge in [0.1, 0.15) is 5.75 Å². The van der Waals surface area contributed by atoms with Crippen LogP contribution < -0.4 is 10.1 Å². The van der Waals surface area contributed by atoms with Crippen LogP contribution in [0.1, 0.15) is 41.4 Å². The van der Waals surface area contributed by atoms with Crippen molar-refractivity contribution in [1.82, 2.24) is 15.1 Å². The normalized spacial score (nSPS) is 17.1. The van der Waals surface area contributed by atoms with Crippen LogP contribution in [0.4, 0.5) is 0 Å². The van der Waals surface area contributed by atoms with Gasteiger partial charge in [-0.25, -0.2) is 0 Å². The van der Waals surface area contributed by atoms with Crippen molar-refractivity contribution < 1.29 is 4.74 Å². The molecule has 4 nitrogen and oxygen atoms in total. The van der Waals surface area contributed by atoms with Gasteiger partial charge in [0.2, 0.25) is 0 Å². The van der Waals surface area contributed by atoms with Gasteiger partial charge in [-0.2, -0.15) is 5.10 Å². The quantitative estimate of drug-likeness (QED) is 0.921. The first kappa shape index (κ1) is 16.1. The molecule has 3 rings (SSSR count). The van der Waals surface area contributed by atoms with E-state index in [9.17, 15) is 0 Å². The Morgan fingerprint density at radius 1 is 1.30 bits per heavy atom. The summed E-state index contributed by atoms with van der Waals surface area (Å²) in [5.74, 6) is 0.959. The lowest BCUT2D eigenvalue weighted by Gasteiger charge is -2.26. The number of hydrogen-bond acceptors (Lipinski definition) is 3. The average Bonchev–Trinajstić information content (AvgIpc) is 2.85. The third-order valence-electron chi connectivity index (χ3n) is 5.04. The van der Waals surface area contributed by atoms with Crippen LogP contribution in [0.15, 0.2) is 18.2 Å². The number of nitrogens with one attached hydrogen (secondary N) is 1. The molecule has 23 heavy (non-hydrogen) atoms. The SMILES string of the molecule is CCn1nc(C)c(CN[C@H]2CCc3ccc(OC)cc3C2)c1C. The number of nitrogens with zero attached hydrogens (tertiary/aromatic N) is 2. The zero-order valence-corrected chi connectivity index (χ0v) is 14.6. The van der Waals surface area contributed by atoms with Crippen LogP contribution in [-0.4, -0.2) is 22.9 Å². The fourth-order valence-corrected chi connectivity index (χ4v) is 3.58. The van der Waals surface area contributed by atoms with Crippen molar-refractivity contribution in [3.05, 3.63) is 46.3 Å². The molecule has 1 aliphatic carbocycles. The second-order valence-corrected chi connectivity index (χ2v) is 6.42. The van der Waals surface area contributed by atoms with Crippen molar-refractivity contribution in [1.29, 1.82) is 0 Å². The molecule has 0 bridgehead atoms. The fourth-order valence-electron chi connectivity index (χ4n) is 3.58. The first-order valence-corrected chi connectivity index (χ1v) is 8.54. The molecule has 0 fully saturated rings. The summed E-state index contributed by atoms with van der Waals surface area (Å²) in [7, 11) is 1.73. The Morgan fingerprint density at radius 2 is 2.13 bits per heavy atom. The fraction of sp³-hybridized carbons (Fsp3) is 0.526. The first-order valence-electron chi connectivity index (χ1n) is 8.54. The van der Waals surface area contributed by atoms with E-state index >= 15 is 0 Å². The Balaban J connectivity index is 1.67. The molecule has 0 unspecified atom stereocenters. The average molecular weight is 313 g/mol. The van der Waals surface area contributed by atoms with Gasteiger partial charge in [-0.3, -0.25) is 4.68 Å². The molecule has 0 saturated heterocycles. The second kappa shape index (κ2) is 6.75. The molecule has 4 heteroatoms. The van der Waals surface area contributed by atoms with E-state index in [1.807, 2.05) is 0 Å². The maximum Gasteiger partial charge on any atom is 0.119 e. The molecule has 1 heterocycles. The van der Waals surface area contributed by atoms with Crippen molar-refractivity contribution in [2.45, 2.75) is 59.2 Å². The van der Waals surface area contributed by atoms with Gasteiger partial charge >= 0.3 is 0 Å². The molecule has 1 atom stereocenters. The summed E-state index contributed by atoms with van der Waals surface area (Å²) >= 11 is 0. The summed E-state index contributed by atoms with van der Waals surface area (Å²) in [5, 5.41) is 8.35. The number of aromatic nitrogens is 2. The number of methoxy groups -OCH3 is 1. The van der Waals surface area contributed by atoms with Crippen molar-refractivity contribution in [2.24, 2.45) is 0 Å². The number of rotatable bonds is 5. The summed E-state index contributed by atoms with van der Waals surface area (Å²) in [6.07, 6.45) is 3.41. The lowest BCUT2D eigenvalue weighted by Crippen LogP contribution is -2.34. The van der Waals surface area contributed by atoms with Crippen LogP contribution in [0.3, 0.4) is 0 Å². The molecule has 1 aromatic carbocycles. The van der Waals surface area contributed by atoms with Gasteiger partial charge in [-0.05, 0) is 63.3 Å². The molecule has 0 saturated carbocycles. The number of aryl methyl sites for hydroxylation is 3. The van der Waals surface area contributed by atoms with Gasteiger partial charge in [0.05, 0.1) is 12.8 Å². The maximum absolute atomic E-state index is 5.36. The van der Waals surface area contributed by atoms with Crippen molar-refractivity contribution in [2.75, 3.05) is 7.11 Å². The highest BCUT2D eigenvalue weighted by atomic mass is 16.5. The predicted octanol–water partition coefficient (Wildman–Crippen LogP) is 3.18. The van der Waals surface area contributed by atoms with Crippen LogP contribution >= 0.6 is 0 Å².